The summed E-state index contributed by atoms with van der Waals surface area (Å²) >= 11 is -1.23. The lowest BCUT2D eigenvalue weighted by Gasteiger charge is -2.44. The third kappa shape index (κ3) is 5.88. The summed E-state index contributed by atoms with van der Waals surface area (Å²) in [6.07, 6.45) is 6.22. The van der Waals surface area contributed by atoms with E-state index < -0.39 is 24.2 Å². The number of aryl methyl sites for hydroxylation is 1. The van der Waals surface area contributed by atoms with Gasteiger partial charge < -0.3 is 19.8 Å². The predicted molar refractivity (Wildman–Crippen MR) is 192 cm³/mol. The summed E-state index contributed by atoms with van der Waals surface area (Å²) < 4.78 is 20.2. The lowest BCUT2D eigenvalue weighted by Crippen LogP contribution is -2.50. The second-order valence-electron chi connectivity index (χ2n) is 14.9. The zero-order chi connectivity index (χ0) is 33.2. The number of nitrogens with one attached hydrogen (secondary N) is 1. The Bertz CT molecular complexity index is 1930. The summed E-state index contributed by atoms with van der Waals surface area (Å²) in [6.45, 7) is 14.2. The van der Waals surface area contributed by atoms with Gasteiger partial charge in [-0.15, -0.1) is 10.3 Å². The van der Waals surface area contributed by atoms with Crippen molar-refractivity contribution < 1.29 is 4.55 Å². The van der Waals surface area contributed by atoms with Gasteiger partial charge in [-0.3, -0.25) is 9.36 Å². The Labute approximate surface area is 275 Å². The second kappa shape index (κ2) is 11.6. The number of hydrogen-bond donors (Lipinski definition) is 2. The molecule has 9 nitrogen and oxygen atoms in total. The maximum Gasteiger partial charge on any atom is 0.264 e. The highest BCUT2D eigenvalue weighted by atomic mass is 32.2. The molecule has 4 aromatic rings. The fourth-order valence-electron chi connectivity index (χ4n) is 6.83. The van der Waals surface area contributed by atoms with Gasteiger partial charge in [-0.1, -0.05) is 31.6 Å². The number of nitrogens with zero attached hydrogens (tertiary/aromatic N) is 5. The molecule has 2 atom stereocenters. The molecule has 4 heterocycles. The standard InChI is InChI=1S/C35H45N7O2SSi/c1-34(2,3)45(44)39-29-25-12-11-23(13-19-46(6,7)8)20-24(25)21-35(29)14-17-42(18-15-35)33-38-30(36)28(32(43)41(33)5)27-22-40(4)31-26(27)10-9-16-37-31/h9-12,16,20,22,29,39H,14-15,17-18,21,36H2,1-8H3/t29-,45-/m1/s1. The molecule has 3 N–H and O–H groups in total. The number of nitrogen functional groups attached to an aromatic ring is 1. The molecule has 6 rings (SSSR count). The fraction of sp³-hybridized carbons (Fsp3) is 0.457. The largest absolute Gasteiger partial charge is 0.598 e. The zero-order valence-electron chi connectivity index (χ0n) is 28.2. The highest BCUT2D eigenvalue weighted by Crippen LogP contribution is 2.53. The minimum absolute atomic E-state index is 0.0482. The molecular weight excluding hydrogens is 611 g/mol. The van der Waals surface area contributed by atoms with Crippen LogP contribution in [-0.4, -0.2) is 49.6 Å². The van der Waals surface area contributed by atoms with Gasteiger partial charge in [0.2, 0.25) is 5.95 Å². The first-order valence-electron chi connectivity index (χ1n) is 15.9. The van der Waals surface area contributed by atoms with Crippen LogP contribution in [-0.2, 0) is 31.9 Å². The van der Waals surface area contributed by atoms with E-state index in [9.17, 15) is 9.35 Å². The van der Waals surface area contributed by atoms with Crippen molar-refractivity contribution >= 4 is 42.2 Å². The highest BCUT2D eigenvalue weighted by Gasteiger charge is 2.51. The van der Waals surface area contributed by atoms with E-state index in [1.165, 1.54) is 11.1 Å². The van der Waals surface area contributed by atoms with E-state index in [0.717, 1.165) is 41.4 Å². The van der Waals surface area contributed by atoms with Gasteiger partial charge in [-0.25, -0.2) is 4.98 Å². The number of pyridine rings is 1. The summed E-state index contributed by atoms with van der Waals surface area (Å²) in [5.74, 6) is 4.21. The van der Waals surface area contributed by atoms with Crippen LogP contribution in [0.3, 0.4) is 0 Å². The van der Waals surface area contributed by atoms with E-state index in [4.69, 9.17) is 10.7 Å². The average Bonchev–Trinajstić information content (AvgIpc) is 3.47. The molecule has 46 heavy (non-hydrogen) atoms. The first-order valence-corrected chi connectivity index (χ1v) is 20.6. The van der Waals surface area contributed by atoms with Gasteiger partial charge in [0.15, 0.2) is 0 Å². The van der Waals surface area contributed by atoms with Crippen molar-refractivity contribution in [1.82, 2.24) is 23.8 Å². The van der Waals surface area contributed by atoms with Crippen molar-refractivity contribution in [3.05, 3.63) is 69.8 Å². The third-order valence-electron chi connectivity index (χ3n) is 9.31. The van der Waals surface area contributed by atoms with Crippen molar-refractivity contribution in [3.8, 4) is 22.6 Å². The Morgan fingerprint density at radius 3 is 2.54 bits per heavy atom. The molecule has 0 saturated carbocycles. The Morgan fingerprint density at radius 2 is 1.87 bits per heavy atom. The molecule has 1 saturated heterocycles. The first-order chi connectivity index (χ1) is 21.6. The van der Waals surface area contributed by atoms with Crippen LogP contribution < -0.4 is 20.9 Å². The molecule has 1 fully saturated rings. The Hall–Kier alpha value is -3.56. The summed E-state index contributed by atoms with van der Waals surface area (Å²) in [5.41, 5.74) is 15.2. The first kappa shape index (κ1) is 32.4. The molecule has 2 aliphatic rings. The molecule has 0 radical (unpaired) electrons. The SMILES string of the molecule is Cn1c(N2CCC3(CC2)Cc2cc(C#C[Si](C)(C)C)ccc2[C@H]3N[S@+]([O-])C(C)(C)C)nc(N)c(-c2cn(C)c3ncccc23)c1=O. The predicted octanol–water partition coefficient (Wildman–Crippen LogP) is 5.08. The molecule has 1 aliphatic carbocycles. The Kier molecular flexibility index (Phi) is 8.16. The van der Waals surface area contributed by atoms with Crippen LogP contribution in [0.4, 0.5) is 11.8 Å². The molecule has 242 valence electrons. The third-order valence-corrected chi connectivity index (χ3v) is 11.7. The Morgan fingerprint density at radius 1 is 1.15 bits per heavy atom. The summed E-state index contributed by atoms with van der Waals surface area (Å²) in [7, 11) is 2.17. The maximum atomic E-state index is 13.9. The van der Waals surface area contributed by atoms with Crippen LogP contribution in [0.5, 0.6) is 0 Å². The summed E-state index contributed by atoms with van der Waals surface area (Å²) in [4.78, 5) is 25.3. The molecule has 0 amide bonds. The molecule has 0 unspecified atom stereocenters. The topological polar surface area (TPSA) is 117 Å². The smallest absolute Gasteiger partial charge is 0.264 e. The van der Waals surface area contributed by atoms with Crippen molar-refractivity contribution in [2.75, 3.05) is 23.7 Å². The normalized spacial score (nSPS) is 18.5. The number of fused-ring (bicyclic) bond motifs is 2. The summed E-state index contributed by atoms with van der Waals surface area (Å²) in [5, 5.41) is 0.866. The minimum atomic E-state index is -1.51. The number of benzene rings is 1. The molecule has 1 aromatic carbocycles. The van der Waals surface area contributed by atoms with Crippen LogP contribution in [0, 0.1) is 16.9 Å². The van der Waals surface area contributed by atoms with Crippen LogP contribution in [0.25, 0.3) is 22.2 Å². The molecule has 3 aromatic heterocycles. The van der Waals surface area contributed by atoms with Crippen molar-refractivity contribution in [2.24, 2.45) is 19.5 Å². The number of nitrogens with two attached hydrogens (primary N) is 1. The molecule has 1 aliphatic heterocycles. The second-order valence-corrected chi connectivity index (χ2v) is 21.7. The van der Waals surface area contributed by atoms with E-state index in [-0.39, 0.29) is 22.8 Å². The van der Waals surface area contributed by atoms with E-state index >= 15 is 0 Å². The van der Waals surface area contributed by atoms with Gasteiger partial charge in [-0.2, -0.15) is 4.98 Å². The molecule has 0 bridgehead atoms. The molecular formula is C35H45N7O2SSi. The van der Waals surface area contributed by atoms with Crippen molar-refractivity contribution in [1.29, 1.82) is 0 Å². The highest BCUT2D eigenvalue weighted by molar-refractivity contribution is 7.90. The maximum absolute atomic E-state index is 13.9. The van der Waals surface area contributed by atoms with Crippen molar-refractivity contribution in [3.63, 3.8) is 0 Å². The number of piperidine rings is 1. The number of anilines is 2. The van der Waals surface area contributed by atoms with Gasteiger partial charge in [0.05, 0.1) is 11.6 Å². The zero-order valence-corrected chi connectivity index (χ0v) is 30.0. The van der Waals surface area contributed by atoms with E-state index in [2.05, 4.69) is 63.9 Å². The van der Waals surface area contributed by atoms with Gasteiger partial charge in [0.25, 0.3) is 5.56 Å². The summed E-state index contributed by atoms with van der Waals surface area (Å²) in [6, 6.07) is 10.3. The number of rotatable bonds is 4. The van der Waals surface area contributed by atoms with Crippen LogP contribution in [0.2, 0.25) is 19.6 Å². The quantitative estimate of drug-likeness (QED) is 0.179. The van der Waals surface area contributed by atoms with E-state index in [0.29, 0.717) is 24.6 Å². The van der Waals surface area contributed by atoms with Gasteiger partial charge in [-0.05, 0) is 75.4 Å². The number of hydrogen-bond acceptors (Lipinski definition) is 7. The van der Waals surface area contributed by atoms with Gasteiger partial charge >= 0.3 is 0 Å². The van der Waals surface area contributed by atoms with E-state index in [1.807, 2.05) is 50.7 Å². The van der Waals surface area contributed by atoms with Crippen LogP contribution >= 0.6 is 0 Å². The lowest BCUT2D eigenvalue weighted by atomic mass is 9.73. The fourth-order valence-corrected chi connectivity index (χ4v) is 8.30. The van der Waals surface area contributed by atoms with Crippen molar-refractivity contribution in [2.45, 2.75) is 70.5 Å². The van der Waals surface area contributed by atoms with Crippen LogP contribution in [0.1, 0.15) is 56.3 Å². The minimum Gasteiger partial charge on any atom is -0.598 e. The lowest BCUT2D eigenvalue weighted by molar-refractivity contribution is 0.175. The van der Waals surface area contributed by atoms with Gasteiger partial charge in [0.1, 0.15) is 24.3 Å². The van der Waals surface area contributed by atoms with E-state index in [1.54, 1.807) is 17.8 Å². The van der Waals surface area contributed by atoms with Gasteiger partial charge in [0, 0.05) is 72.9 Å². The Balaban J connectivity index is 1.31. The van der Waals surface area contributed by atoms with Crippen LogP contribution in [0.15, 0.2) is 47.5 Å². The monoisotopic (exact) mass is 655 g/mol. The molecule has 11 heteroatoms. The average molecular weight is 656 g/mol. The number of aromatic nitrogens is 4. The molecule has 1 spiro atoms.